The molecule has 0 aliphatic heterocycles. The van der Waals surface area contributed by atoms with Gasteiger partial charge in [0, 0.05) is 0 Å². The molecule has 1 unspecified atom stereocenters. The van der Waals surface area contributed by atoms with Gasteiger partial charge in [-0.3, -0.25) is 0 Å². The van der Waals surface area contributed by atoms with E-state index in [9.17, 15) is 0 Å². The van der Waals surface area contributed by atoms with Crippen molar-refractivity contribution < 1.29 is 0 Å². The topological polar surface area (TPSA) is 48.7 Å². The third-order valence-corrected chi connectivity index (χ3v) is 4.08. The molecule has 0 saturated heterocycles. The number of aromatic nitrogens is 1. The number of allylic oxidation sites excluding steroid dienone is 1. The van der Waals surface area contributed by atoms with Crippen LogP contribution < -0.4 is 5.32 Å². The van der Waals surface area contributed by atoms with Gasteiger partial charge in [-0.05, 0) is 29.9 Å². The summed E-state index contributed by atoms with van der Waals surface area (Å²) in [5.74, 6) is 0. The van der Waals surface area contributed by atoms with E-state index in [2.05, 4.69) is 34.5 Å². The lowest BCUT2D eigenvalue weighted by atomic mass is 10.0. The largest absolute Gasteiger partial charge is 0.368 e. The molecule has 1 N–H and O–H groups in total. The van der Waals surface area contributed by atoms with Crippen LogP contribution in [0.5, 0.6) is 0 Å². The second kappa shape index (κ2) is 7.09. The lowest BCUT2D eigenvalue weighted by Gasteiger charge is -2.18. The van der Waals surface area contributed by atoms with Crippen molar-refractivity contribution in [2.24, 2.45) is 0 Å². The smallest absolute Gasteiger partial charge is 0.162 e. The highest BCUT2D eigenvalue weighted by molar-refractivity contribution is 7.10. The van der Waals surface area contributed by atoms with Crippen molar-refractivity contribution in [2.75, 3.05) is 5.32 Å². The maximum absolute atomic E-state index is 9.12. The van der Waals surface area contributed by atoms with E-state index in [0.29, 0.717) is 5.56 Å². The number of anilines is 1. The second-order valence-corrected chi connectivity index (χ2v) is 5.39. The van der Waals surface area contributed by atoms with Crippen LogP contribution in [0.2, 0.25) is 5.15 Å². The summed E-state index contributed by atoms with van der Waals surface area (Å²) in [6.07, 6.45) is 3.68. The van der Waals surface area contributed by atoms with Gasteiger partial charge in [0.05, 0.1) is 6.04 Å². The van der Waals surface area contributed by atoms with Crippen LogP contribution in [0.15, 0.2) is 43.0 Å². The standard InChI is InChI=1S/C15H14ClN3S/c1-2-3-9-13(11-7-5-4-6-8-11)18-15-12(10-17)14(16)19-20-15/h2,4-8,13,18H,1,3,9H2. The van der Waals surface area contributed by atoms with E-state index in [1.54, 1.807) is 0 Å². The van der Waals surface area contributed by atoms with Crippen molar-refractivity contribution in [3.8, 4) is 6.07 Å². The molecular weight excluding hydrogens is 290 g/mol. The highest BCUT2D eigenvalue weighted by Crippen LogP contribution is 2.32. The number of nitriles is 1. The van der Waals surface area contributed by atoms with Gasteiger partial charge in [0.15, 0.2) is 5.15 Å². The SMILES string of the molecule is C=CCCC(Nc1snc(Cl)c1C#N)c1ccccc1. The highest BCUT2D eigenvalue weighted by Gasteiger charge is 2.17. The number of hydrogen-bond donors (Lipinski definition) is 1. The monoisotopic (exact) mass is 303 g/mol. The zero-order valence-electron chi connectivity index (χ0n) is 10.8. The predicted molar refractivity (Wildman–Crippen MR) is 84.1 cm³/mol. The van der Waals surface area contributed by atoms with Gasteiger partial charge in [-0.2, -0.15) is 9.64 Å². The van der Waals surface area contributed by atoms with Crippen LogP contribution in [-0.2, 0) is 0 Å². The third-order valence-electron chi connectivity index (χ3n) is 2.93. The quantitative estimate of drug-likeness (QED) is 0.781. The molecule has 1 atom stereocenters. The minimum absolute atomic E-state index is 0.109. The summed E-state index contributed by atoms with van der Waals surface area (Å²) in [5.41, 5.74) is 1.58. The molecule has 5 heteroatoms. The summed E-state index contributed by atoms with van der Waals surface area (Å²) >= 11 is 7.12. The molecule has 0 saturated carbocycles. The Bertz CT molecular complexity index is 616. The van der Waals surface area contributed by atoms with Gasteiger partial charge < -0.3 is 5.32 Å². The molecule has 1 heterocycles. The van der Waals surface area contributed by atoms with Crippen LogP contribution in [0, 0.1) is 11.3 Å². The summed E-state index contributed by atoms with van der Waals surface area (Å²) < 4.78 is 4.02. The normalized spacial score (nSPS) is 11.6. The Morgan fingerprint density at radius 2 is 2.20 bits per heavy atom. The summed E-state index contributed by atoms with van der Waals surface area (Å²) in [5, 5.41) is 13.5. The molecule has 3 nitrogen and oxygen atoms in total. The van der Waals surface area contributed by atoms with Crippen molar-refractivity contribution >= 4 is 28.1 Å². The molecule has 1 aromatic carbocycles. The van der Waals surface area contributed by atoms with Crippen molar-refractivity contribution in [1.82, 2.24) is 4.37 Å². The van der Waals surface area contributed by atoms with Crippen molar-refractivity contribution in [3.63, 3.8) is 0 Å². The molecule has 0 spiro atoms. The van der Waals surface area contributed by atoms with Crippen LogP contribution in [0.4, 0.5) is 5.00 Å². The first-order valence-corrected chi connectivity index (χ1v) is 7.39. The molecule has 0 radical (unpaired) electrons. The lowest BCUT2D eigenvalue weighted by Crippen LogP contribution is -2.10. The maximum atomic E-state index is 9.12. The zero-order valence-corrected chi connectivity index (χ0v) is 12.4. The van der Waals surface area contributed by atoms with E-state index in [4.69, 9.17) is 16.9 Å². The summed E-state index contributed by atoms with van der Waals surface area (Å²) in [6.45, 7) is 3.76. The number of nitrogens with zero attached hydrogens (tertiary/aromatic N) is 2. The van der Waals surface area contributed by atoms with Gasteiger partial charge in [0.1, 0.15) is 16.6 Å². The number of nitrogens with one attached hydrogen (secondary N) is 1. The fourth-order valence-corrected chi connectivity index (χ4v) is 2.90. The Morgan fingerprint density at radius 3 is 2.85 bits per heavy atom. The summed E-state index contributed by atoms with van der Waals surface area (Å²) in [4.78, 5) is 0. The van der Waals surface area contributed by atoms with Gasteiger partial charge in [0.25, 0.3) is 0 Å². The molecule has 0 aliphatic carbocycles. The average molecular weight is 304 g/mol. The molecule has 1 aromatic heterocycles. The first-order chi connectivity index (χ1) is 9.76. The second-order valence-electron chi connectivity index (χ2n) is 4.26. The number of hydrogen-bond acceptors (Lipinski definition) is 4. The van der Waals surface area contributed by atoms with Gasteiger partial charge in [-0.15, -0.1) is 6.58 Å². The molecule has 0 aliphatic rings. The Kier molecular flexibility index (Phi) is 5.16. The maximum Gasteiger partial charge on any atom is 0.162 e. The van der Waals surface area contributed by atoms with E-state index in [-0.39, 0.29) is 11.2 Å². The van der Waals surface area contributed by atoms with Gasteiger partial charge in [-0.1, -0.05) is 48.0 Å². The molecular formula is C15H14ClN3S. The minimum Gasteiger partial charge on any atom is -0.368 e. The molecule has 2 aromatic rings. The molecule has 20 heavy (non-hydrogen) atoms. The minimum atomic E-state index is 0.109. The third kappa shape index (κ3) is 3.38. The molecule has 0 bridgehead atoms. The van der Waals surface area contributed by atoms with Crippen LogP contribution in [0.1, 0.15) is 30.0 Å². The van der Waals surface area contributed by atoms with Crippen molar-refractivity contribution in [2.45, 2.75) is 18.9 Å². The molecule has 0 fully saturated rings. The van der Waals surface area contributed by atoms with Crippen molar-refractivity contribution in [3.05, 3.63) is 59.3 Å². The van der Waals surface area contributed by atoms with E-state index < -0.39 is 0 Å². The van der Waals surface area contributed by atoms with E-state index >= 15 is 0 Å². The van der Waals surface area contributed by atoms with Crippen LogP contribution in [0.3, 0.4) is 0 Å². The number of halogens is 1. The lowest BCUT2D eigenvalue weighted by molar-refractivity contribution is 0.707. The van der Waals surface area contributed by atoms with Crippen LogP contribution >= 0.6 is 23.1 Å². The first-order valence-electron chi connectivity index (χ1n) is 6.24. The Morgan fingerprint density at radius 1 is 1.45 bits per heavy atom. The predicted octanol–water partition coefficient (Wildman–Crippen LogP) is 4.79. The summed E-state index contributed by atoms with van der Waals surface area (Å²) in [7, 11) is 0. The molecule has 0 amide bonds. The number of rotatable bonds is 6. The van der Waals surface area contributed by atoms with Crippen LogP contribution in [-0.4, -0.2) is 4.37 Å². The summed E-state index contributed by atoms with van der Waals surface area (Å²) in [6, 6.07) is 12.3. The fourth-order valence-electron chi connectivity index (χ4n) is 1.92. The van der Waals surface area contributed by atoms with E-state index in [1.807, 2.05) is 24.3 Å². The average Bonchev–Trinajstić information content (AvgIpc) is 2.84. The van der Waals surface area contributed by atoms with Crippen LogP contribution in [0.25, 0.3) is 0 Å². The van der Waals surface area contributed by atoms with E-state index in [0.717, 1.165) is 17.8 Å². The van der Waals surface area contributed by atoms with Gasteiger partial charge in [0.2, 0.25) is 0 Å². The Labute approximate surface area is 127 Å². The van der Waals surface area contributed by atoms with Gasteiger partial charge in [-0.25, -0.2) is 0 Å². The molecule has 2 rings (SSSR count). The molecule has 102 valence electrons. The fraction of sp³-hybridized carbons (Fsp3) is 0.200. The van der Waals surface area contributed by atoms with E-state index in [1.165, 1.54) is 17.1 Å². The number of benzene rings is 1. The zero-order chi connectivity index (χ0) is 14.4. The van der Waals surface area contributed by atoms with Crippen molar-refractivity contribution in [1.29, 1.82) is 5.26 Å². The highest BCUT2D eigenvalue weighted by atomic mass is 35.5. The van der Waals surface area contributed by atoms with Gasteiger partial charge >= 0.3 is 0 Å². The first kappa shape index (κ1) is 14.6. The Balaban J connectivity index is 2.24. The Hall–Kier alpha value is -1.83.